The van der Waals surface area contributed by atoms with Gasteiger partial charge in [0.15, 0.2) is 0 Å². The van der Waals surface area contributed by atoms with Crippen molar-refractivity contribution in [2.24, 2.45) is 0 Å². The van der Waals surface area contributed by atoms with E-state index >= 15 is 0 Å². The molecule has 0 aliphatic rings. The second kappa shape index (κ2) is 7.78. The highest BCUT2D eigenvalue weighted by Gasteiger charge is 2.30. The summed E-state index contributed by atoms with van der Waals surface area (Å²) in [5, 5.41) is 19.4. The predicted molar refractivity (Wildman–Crippen MR) is 78.2 cm³/mol. The van der Waals surface area contributed by atoms with E-state index in [1.54, 1.807) is 13.0 Å². The highest BCUT2D eigenvalue weighted by molar-refractivity contribution is 6.02. The lowest BCUT2D eigenvalue weighted by atomic mass is 10.0. The molecule has 0 amide bonds. The maximum Gasteiger partial charge on any atom is 0.341 e. The van der Waals surface area contributed by atoms with E-state index in [4.69, 9.17) is 9.84 Å². The molecule has 0 bridgehead atoms. The highest BCUT2D eigenvalue weighted by Crippen LogP contribution is 2.23. The molecular formula is C16H22O5. The predicted octanol–water partition coefficient (Wildman–Crippen LogP) is 3.22. The third-order valence-corrected chi connectivity index (χ3v) is 3.38. The van der Waals surface area contributed by atoms with Crippen molar-refractivity contribution in [2.45, 2.75) is 51.7 Å². The minimum Gasteiger partial charge on any atom is -0.478 e. The number of carboxylic acid groups (broad SMARTS) is 1. The first-order valence-electron chi connectivity index (χ1n) is 7.21. The van der Waals surface area contributed by atoms with Crippen LogP contribution < -0.4 is 0 Å². The first-order chi connectivity index (χ1) is 9.93. The van der Waals surface area contributed by atoms with Gasteiger partial charge in [-0.15, -0.1) is 0 Å². The van der Waals surface area contributed by atoms with Crippen molar-refractivity contribution in [3.63, 3.8) is 0 Å². The molecule has 2 N–H and O–H groups in total. The zero-order chi connectivity index (χ0) is 15.9. The number of carbonyl (C=O) groups is 2. The number of aromatic carboxylic acids is 1. The van der Waals surface area contributed by atoms with Gasteiger partial charge in [-0.1, -0.05) is 38.8 Å². The Morgan fingerprint density at radius 1 is 1.14 bits per heavy atom. The standard InChI is InChI=1S/C16H22O5/c1-3-5-8-11-16(20,4-2)21-15(19)13-10-7-6-9-12(13)14(17)18/h6-7,9-10,20H,3-5,8,11H2,1-2H3,(H,17,18). The number of unbranched alkanes of at least 4 members (excludes halogenated alkanes) is 2. The summed E-state index contributed by atoms with van der Waals surface area (Å²) in [5.41, 5.74) is -0.179. The third-order valence-electron chi connectivity index (χ3n) is 3.38. The Kier molecular flexibility index (Phi) is 6.37. The average Bonchev–Trinajstić information content (AvgIpc) is 2.47. The molecule has 0 fully saturated rings. The molecule has 0 spiro atoms. The van der Waals surface area contributed by atoms with E-state index in [-0.39, 0.29) is 17.5 Å². The zero-order valence-electron chi connectivity index (χ0n) is 12.5. The second-order valence-corrected chi connectivity index (χ2v) is 5.00. The maximum absolute atomic E-state index is 12.1. The number of esters is 1. The molecule has 1 aromatic rings. The minimum absolute atomic E-state index is 0.0487. The summed E-state index contributed by atoms with van der Waals surface area (Å²) in [6, 6.07) is 5.81. The molecule has 0 saturated carbocycles. The number of rotatable bonds is 8. The third kappa shape index (κ3) is 4.86. The van der Waals surface area contributed by atoms with E-state index in [2.05, 4.69) is 0 Å². The van der Waals surface area contributed by atoms with Crippen molar-refractivity contribution >= 4 is 11.9 Å². The molecule has 1 rings (SSSR count). The van der Waals surface area contributed by atoms with Crippen LogP contribution in [0.15, 0.2) is 24.3 Å². The Morgan fingerprint density at radius 2 is 1.76 bits per heavy atom. The second-order valence-electron chi connectivity index (χ2n) is 5.00. The summed E-state index contributed by atoms with van der Waals surface area (Å²) < 4.78 is 5.16. The maximum atomic E-state index is 12.1. The first kappa shape index (κ1) is 17.2. The number of aliphatic hydroxyl groups is 1. The average molecular weight is 294 g/mol. The van der Waals surface area contributed by atoms with Gasteiger partial charge in [-0.05, 0) is 18.6 Å². The number of hydrogen-bond donors (Lipinski definition) is 2. The molecule has 1 unspecified atom stereocenters. The van der Waals surface area contributed by atoms with E-state index in [0.29, 0.717) is 6.42 Å². The van der Waals surface area contributed by atoms with Crippen LogP contribution in [0.2, 0.25) is 0 Å². The molecule has 0 aliphatic heterocycles. The Hall–Kier alpha value is -1.88. The molecule has 0 saturated heterocycles. The Morgan fingerprint density at radius 3 is 2.29 bits per heavy atom. The summed E-state index contributed by atoms with van der Waals surface area (Å²) in [5.74, 6) is -3.56. The van der Waals surface area contributed by atoms with E-state index in [1.165, 1.54) is 18.2 Å². The molecule has 1 atom stereocenters. The van der Waals surface area contributed by atoms with Crippen molar-refractivity contribution in [2.75, 3.05) is 0 Å². The van der Waals surface area contributed by atoms with Crippen LogP contribution in [0.5, 0.6) is 0 Å². The minimum atomic E-state index is -1.54. The summed E-state index contributed by atoms with van der Waals surface area (Å²) >= 11 is 0. The summed E-state index contributed by atoms with van der Waals surface area (Å²) in [4.78, 5) is 23.2. The van der Waals surface area contributed by atoms with E-state index in [9.17, 15) is 14.7 Å². The van der Waals surface area contributed by atoms with Crippen LogP contribution in [0.25, 0.3) is 0 Å². The Bertz CT molecular complexity index is 497. The summed E-state index contributed by atoms with van der Waals surface area (Å²) in [6.45, 7) is 3.77. The van der Waals surface area contributed by atoms with Crippen molar-refractivity contribution in [1.82, 2.24) is 0 Å². The first-order valence-corrected chi connectivity index (χ1v) is 7.21. The van der Waals surface area contributed by atoms with Crippen LogP contribution in [0.4, 0.5) is 0 Å². The van der Waals surface area contributed by atoms with Gasteiger partial charge in [0.2, 0.25) is 5.79 Å². The molecule has 0 aliphatic carbocycles. The smallest absolute Gasteiger partial charge is 0.341 e. The molecule has 116 valence electrons. The normalized spacial score (nSPS) is 13.5. The molecule has 0 heterocycles. The molecular weight excluding hydrogens is 272 g/mol. The van der Waals surface area contributed by atoms with Crippen molar-refractivity contribution in [3.05, 3.63) is 35.4 Å². The number of carboxylic acids is 1. The number of carbonyl (C=O) groups excluding carboxylic acids is 1. The van der Waals surface area contributed by atoms with Crippen LogP contribution in [-0.2, 0) is 4.74 Å². The van der Waals surface area contributed by atoms with Gasteiger partial charge >= 0.3 is 11.9 Å². The summed E-state index contributed by atoms with van der Waals surface area (Å²) in [6.07, 6.45) is 3.28. The van der Waals surface area contributed by atoms with Gasteiger partial charge in [0, 0.05) is 12.8 Å². The van der Waals surface area contributed by atoms with Gasteiger partial charge < -0.3 is 14.9 Å². The van der Waals surface area contributed by atoms with E-state index in [0.717, 1.165) is 19.3 Å². The molecule has 0 radical (unpaired) electrons. The molecule has 0 aromatic heterocycles. The lowest BCUT2D eigenvalue weighted by Crippen LogP contribution is -2.34. The van der Waals surface area contributed by atoms with Gasteiger partial charge in [-0.25, -0.2) is 9.59 Å². The highest BCUT2D eigenvalue weighted by atomic mass is 16.7. The Labute approximate surface area is 124 Å². The van der Waals surface area contributed by atoms with E-state index in [1.807, 2.05) is 6.92 Å². The number of benzene rings is 1. The lowest BCUT2D eigenvalue weighted by Gasteiger charge is -2.27. The van der Waals surface area contributed by atoms with Crippen molar-refractivity contribution in [1.29, 1.82) is 0 Å². The zero-order valence-corrected chi connectivity index (χ0v) is 12.5. The number of hydrogen-bond acceptors (Lipinski definition) is 4. The van der Waals surface area contributed by atoms with Crippen molar-refractivity contribution < 1.29 is 24.5 Å². The van der Waals surface area contributed by atoms with Crippen LogP contribution in [-0.4, -0.2) is 27.9 Å². The van der Waals surface area contributed by atoms with Gasteiger partial charge in [0.25, 0.3) is 0 Å². The fraction of sp³-hybridized carbons (Fsp3) is 0.500. The monoisotopic (exact) mass is 294 g/mol. The van der Waals surface area contributed by atoms with Crippen LogP contribution in [0.1, 0.15) is 66.7 Å². The topological polar surface area (TPSA) is 83.8 Å². The molecule has 1 aromatic carbocycles. The van der Waals surface area contributed by atoms with Gasteiger partial charge in [-0.3, -0.25) is 0 Å². The van der Waals surface area contributed by atoms with Crippen LogP contribution >= 0.6 is 0 Å². The van der Waals surface area contributed by atoms with Crippen LogP contribution in [0.3, 0.4) is 0 Å². The number of ether oxygens (including phenoxy) is 1. The quantitative estimate of drug-likeness (QED) is 0.437. The fourth-order valence-electron chi connectivity index (χ4n) is 2.03. The SMILES string of the molecule is CCCCCC(O)(CC)OC(=O)c1ccccc1C(=O)O. The molecule has 21 heavy (non-hydrogen) atoms. The lowest BCUT2D eigenvalue weighted by molar-refractivity contribution is -0.172. The molecule has 5 heteroatoms. The van der Waals surface area contributed by atoms with Gasteiger partial charge in [0.1, 0.15) is 0 Å². The van der Waals surface area contributed by atoms with E-state index < -0.39 is 17.7 Å². The van der Waals surface area contributed by atoms with Crippen molar-refractivity contribution in [3.8, 4) is 0 Å². The largest absolute Gasteiger partial charge is 0.478 e. The van der Waals surface area contributed by atoms with Gasteiger partial charge in [0.05, 0.1) is 11.1 Å². The Balaban J connectivity index is 2.86. The fourth-order valence-corrected chi connectivity index (χ4v) is 2.03. The van der Waals surface area contributed by atoms with Gasteiger partial charge in [-0.2, -0.15) is 0 Å². The summed E-state index contributed by atoms with van der Waals surface area (Å²) in [7, 11) is 0. The van der Waals surface area contributed by atoms with Crippen LogP contribution in [0, 0.1) is 0 Å². The molecule has 5 nitrogen and oxygen atoms in total.